The van der Waals surface area contributed by atoms with Crippen LogP contribution < -0.4 is 9.92 Å². The molecule has 0 radical (unpaired) electrons. The van der Waals surface area contributed by atoms with Crippen LogP contribution in [0.4, 0.5) is 18.0 Å². The number of amides is 1. The largest absolute Gasteiger partial charge is 0.534 e. The molecule has 222 valence electrons. The monoisotopic (exact) mass is 597 g/mol. The first kappa shape index (κ1) is 30.1. The third kappa shape index (κ3) is 6.41. The zero-order valence-corrected chi connectivity index (χ0v) is 23.7. The number of aromatic nitrogens is 2. The standard InChI is InChI=1S/C25H30F3N7O5S/c1-15(32-18-12-34(13-18)19-5-6-33(14-19)23(36)39-24(2,3)4)20(9-30)16-7-21(40-41(37,38)25(26,27)28)22-17(8-29)10-31-35(22)11-16/h7,9-11,18-19H,5-6,12-14,30H2,1-4H3/b20-9+,32-15?/t19-/m0/s1. The predicted octanol–water partition coefficient (Wildman–Crippen LogP) is 2.89. The van der Waals surface area contributed by atoms with E-state index in [1.54, 1.807) is 17.9 Å². The minimum absolute atomic E-state index is 0.0968. The molecule has 2 saturated heterocycles. The fraction of sp³-hybridized carbons (Fsp3) is 0.520. The van der Waals surface area contributed by atoms with Crippen LogP contribution >= 0.6 is 0 Å². The van der Waals surface area contributed by atoms with Crippen molar-refractivity contribution in [3.05, 3.63) is 35.8 Å². The van der Waals surface area contributed by atoms with Crippen LogP contribution in [0, 0.1) is 11.3 Å². The van der Waals surface area contributed by atoms with Crippen LogP contribution in [-0.2, 0) is 14.9 Å². The number of hydrogen-bond donors (Lipinski definition) is 1. The lowest BCUT2D eigenvalue weighted by molar-refractivity contribution is -0.0499. The van der Waals surface area contributed by atoms with Gasteiger partial charge in [0.15, 0.2) is 5.75 Å². The van der Waals surface area contributed by atoms with Gasteiger partial charge >= 0.3 is 21.7 Å². The van der Waals surface area contributed by atoms with Crippen LogP contribution in [0.3, 0.4) is 0 Å². The van der Waals surface area contributed by atoms with Gasteiger partial charge in [-0.2, -0.15) is 31.9 Å². The average molecular weight is 598 g/mol. The van der Waals surface area contributed by atoms with Crippen LogP contribution in [0.1, 0.15) is 45.2 Å². The number of allylic oxidation sites excluding steroid dienone is 1. The van der Waals surface area contributed by atoms with E-state index < -0.39 is 27.0 Å². The van der Waals surface area contributed by atoms with E-state index in [1.165, 1.54) is 12.4 Å². The summed E-state index contributed by atoms with van der Waals surface area (Å²) in [5.74, 6) is -0.730. The Morgan fingerprint density at radius 1 is 1.27 bits per heavy atom. The molecular weight excluding hydrogens is 567 g/mol. The van der Waals surface area contributed by atoms with Gasteiger partial charge in [-0.25, -0.2) is 9.31 Å². The van der Waals surface area contributed by atoms with Gasteiger partial charge in [0.1, 0.15) is 22.8 Å². The van der Waals surface area contributed by atoms with Gasteiger partial charge in [-0.3, -0.25) is 9.89 Å². The van der Waals surface area contributed by atoms with Gasteiger partial charge in [-0.1, -0.05) is 0 Å². The molecule has 1 atom stereocenters. The first-order valence-electron chi connectivity index (χ1n) is 12.6. The molecule has 1 amide bonds. The molecule has 2 N–H and O–H groups in total. The third-order valence-electron chi connectivity index (χ3n) is 6.65. The van der Waals surface area contributed by atoms with Crippen molar-refractivity contribution >= 4 is 33.0 Å². The van der Waals surface area contributed by atoms with Gasteiger partial charge in [0.05, 0.1) is 12.2 Å². The van der Waals surface area contributed by atoms with E-state index in [2.05, 4.69) is 14.2 Å². The number of pyridine rings is 1. The van der Waals surface area contributed by atoms with Crippen molar-refractivity contribution in [2.45, 2.75) is 57.3 Å². The highest BCUT2D eigenvalue weighted by atomic mass is 32.2. The highest BCUT2D eigenvalue weighted by Crippen LogP contribution is 2.33. The lowest BCUT2D eigenvalue weighted by atomic mass is 10.0. The van der Waals surface area contributed by atoms with E-state index >= 15 is 0 Å². The second-order valence-corrected chi connectivity index (χ2v) is 12.3. The summed E-state index contributed by atoms with van der Waals surface area (Å²) in [6.07, 6.45) is 4.13. The van der Waals surface area contributed by atoms with Crippen molar-refractivity contribution in [2.24, 2.45) is 10.7 Å². The molecule has 0 saturated carbocycles. The van der Waals surface area contributed by atoms with Crippen LogP contribution in [0.25, 0.3) is 11.1 Å². The number of rotatable bonds is 6. The van der Waals surface area contributed by atoms with E-state index in [1.807, 2.05) is 20.8 Å². The molecule has 2 aliphatic rings. The molecule has 4 heterocycles. The second kappa shape index (κ2) is 10.9. The van der Waals surface area contributed by atoms with Crippen molar-refractivity contribution in [1.29, 1.82) is 5.26 Å². The molecule has 2 aromatic rings. The van der Waals surface area contributed by atoms with E-state index in [9.17, 15) is 31.6 Å². The fourth-order valence-electron chi connectivity index (χ4n) is 4.71. The summed E-state index contributed by atoms with van der Waals surface area (Å²) in [6, 6.07) is 2.88. The molecule has 0 bridgehead atoms. The summed E-state index contributed by atoms with van der Waals surface area (Å²) in [5.41, 5.74) is 0.113. The molecule has 0 aromatic carbocycles. The Morgan fingerprint density at radius 3 is 2.54 bits per heavy atom. The molecule has 0 aliphatic carbocycles. The zero-order valence-electron chi connectivity index (χ0n) is 22.8. The molecule has 16 heteroatoms. The summed E-state index contributed by atoms with van der Waals surface area (Å²) in [7, 11) is -6.03. The van der Waals surface area contributed by atoms with Gasteiger partial charge in [0.2, 0.25) is 0 Å². The quantitative estimate of drug-likeness (QED) is 0.301. The minimum atomic E-state index is -6.03. The Kier molecular flexibility index (Phi) is 7.98. The number of carbonyl (C=O) groups excluding carboxylic acids is 1. The van der Waals surface area contributed by atoms with Crippen molar-refractivity contribution in [2.75, 3.05) is 26.2 Å². The average Bonchev–Trinajstić information content (AvgIpc) is 3.47. The number of nitrogens with zero attached hydrogens (tertiary/aromatic N) is 6. The van der Waals surface area contributed by atoms with Crippen LogP contribution in [0.15, 0.2) is 29.7 Å². The maximum Gasteiger partial charge on any atom is 0.534 e. The third-order valence-corrected chi connectivity index (χ3v) is 7.61. The van der Waals surface area contributed by atoms with Crippen molar-refractivity contribution in [3.8, 4) is 11.8 Å². The summed E-state index contributed by atoms with van der Waals surface area (Å²) in [5, 5.41) is 13.3. The number of carbonyl (C=O) groups is 1. The number of fused-ring (bicyclic) bond motifs is 1. The van der Waals surface area contributed by atoms with Crippen molar-refractivity contribution < 1.29 is 35.3 Å². The van der Waals surface area contributed by atoms with Crippen molar-refractivity contribution in [1.82, 2.24) is 19.4 Å². The van der Waals surface area contributed by atoms with E-state index in [4.69, 9.17) is 15.5 Å². The topological polar surface area (TPSA) is 156 Å². The lowest BCUT2D eigenvalue weighted by Crippen LogP contribution is -2.55. The maximum absolute atomic E-state index is 13.1. The Morgan fingerprint density at radius 2 is 1.95 bits per heavy atom. The minimum Gasteiger partial charge on any atom is -0.444 e. The molecule has 4 rings (SSSR count). The smallest absolute Gasteiger partial charge is 0.444 e. The van der Waals surface area contributed by atoms with Crippen molar-refractivity contribution in [3.63, 3.8) is 0 Å². The highest BCUT2D eigenvalue weighted by Gasteiger charge is 2.49. The van der Waals surface area contributed by atoms with Crippen LogP contribution in [0.2, 0.25) is 0 Å². The molecule has 12 nitrogen and oxygen atoms in total. The Labute approximate surface area is 234 Å². The lowest BCUT2D eigenvalue weighted by Gasteiger charge is -2.41. The SMILES string of the molecule is CC(=NC1CN([C@H]2CCN(C(=O)OC(C)(C)C)C2)C1)/C(=C\N)c1cc(OS(=O)(=O)C(F)(F)F)c2c(C#N)cnn2c1. The zero-order chi connectivity index (χ0) is 30.3. The number of alkyl halides is 3. The van der Waals surface area contributed by atoms with E-state index in [0.717, 1.165) is 23.2 Å². The predicted molar refractivity (Wildman–Crippen MR) is 142 cm³/mol. The maximum atomic E-state index is 13.1. The van der Waals surface area contributed by atoms with Crippen LogP contribution in [-0.4, -0.2) is 89.0 Å². The molecule has 2 aliphatic heterocycles. The molecule has 41 heavy (non-hydrogen) atoms. The summed E-state index contributed by atoms with van der Waals surface area (Å²) >= 11 is 0. The Balaban J connectivity index is 1.50. The van der Waals surface area contributed by atoms with E-state index in [0.29, 0.717) is 37.5 Å². The highest BCUT2D eigenvalue weighted by molar-refractivity contribution is 7.88. The van der Waals surface area contributed by atoms with Gasteiger partial charge in [-0.05, 0) is 40.2 Å². The number of halogens is 3. The normalized spacial score (nSPS) is 19.8. The molecule has 2 fully saturated rings. The molecule has 0 spiro atoms. The summed E-state index contributed by atoms with van der Waals surface area (Å²) in [4.78, 5) is 21.0. The number of nitrogens with two attached hydrogens (primary N) is 1. The van der Waals surface area contributed by atoms with Gasteiger partial charge in [0.25, 0.3) is 0 Å². The van der Waals surface area contributed by atoms with Gasteiger partial charge in [0, 0.05) is 61.5 Å². The Bertz CT molecular complexity index is 1550. The Hall–Kier alpha value is -3.84. The fourth-order valence-corrected chi connectivity index (χ4v) is 5.17. The molecule has 0 unspecified atom stereocenters. The van der Waals surface area contributed by atoms with E-state index in [-0.39, 0.29) is 34.8 Å². The molecular formula is C25H30F3N7O5S. The number of aliphatic imine (C=N–C) groups is 1. The van der Waals surface area contributed by atoms with Gasteiger partial charge in [-0.15, -0.1) is 0 Å². The summed E-state index contributed by atoms with van der Waals surface area (Å²) < 4.78 is 73.6. The summed E-state index contributed by atoms with van der Waals surface area (Å²) in [6.45, 7) is 9.53. The number of ether oxygens (including phenoxy) is 1. The first-order chi connectivity index (χ1) is 19.0. The number of hydrogen-bond acceptors (Lipinski definition) is 10. The van der Waals surface area contributed by atoms with Gasteiger partial charge < -0.3 is 19.6 Å². The first-order valence-corrected chi connectivity index (χ1v) is 14.0. The van der Waals surface area contributed by atoms with Crippen LogP contribution in [0.5, 0.6) is 5.75 Å². The number of nitriles is 1. The number of likely N-dealkylation sites (tertiary alicyclic amines) is 2. The molecule has 2 aromatic heterocycles. The second-order valence-electron chi connectivity index (χ2n) is 10.8.